The predicted molar refractivity (Wildman–Crippen MR) is 128 cm³/mol. The maximum atomic E-state index is 12.9. The Bertz CT molecular complexity index is 1220. The van der Waals surface area contributed by atoms with Crippen molar-refractivity contribution in [1.29, 1.82) is 0 Å². The van der Waals surface area contributed by atoms with Gasteiger partial charge in [0.25, 0.3) is 5.91 Å². The zero-order valence-corrected chi connectivity index (χ0v) is 18.6. The molecule has 0 unspecified atom stereocenters. The number of para-hydroxylation sites is 1. The van der Waals surface area contributed by atoms with Crippen molar-refractivity contribution >= 4 is 51.7 Å². The first-order chi connectivity index (χ1) is 15.0. The normalized spacial score (nSPS) is 10.5. The van der Waals surface area contributed by atoms with E-state index in [-0.39, 0.29) is 11.9 Å². The van der Waals surface area contributed by atoms with Gasteiger partial charge in [-0.3, -0.25) is 4.79 Å². The lowest BCUT2D eigenvalue weighted by Gasteiger charge is -2.12. The average molecular weight is 449 g/mol. The number of nitrogens with one attached hydrogen (secondary N) is 3. The number of aryl methyl sites for hydroxylation is 2. The largest absolute Gasteiger partial charge is 0.323 e. The highest BCUT2D eigenvalue weighted by atomic mass is 32.1. The number of hydrogen-bond donors (Lipinski definition) is 3. The Kier molecular flexibility index (Phi) is 6.11. The first-order valence-corrected chi connectivity index (χ1v) is 11.3. The van der Waals surface area contributed by atoms with E-state index in [1.807, 2.05) is 67.1 Å². The van der Waals surface area contributed by atoms with Crippen LogP contribution in [0.3, 0.4) is 0 Å². The molecular formula is C23H20N4O2S2. The molecule has 0 saturated carbocycles. The summed E-state index contributed by atoms with van der Waals surface area (Å²) >= 11 is 2.97. The Hall–Kier alpha value is -3.49. The second kappa shape index (κ2) is 9.11. The summed E-state index contributed by atoms with van der Waals surface area (Å²) in [5.41, 5.74) is 4.51. The molecule has 0 fully saturated rings. The molecule has 0 saturated heterocycles. The van der Waals surface area contributed by atoms with E-state index in [2.05, 4.69) is 20.9 Å². The van der Waals surface area contributed by atoms with Gasteiger partial charge in [0, 0.05) is 28.0 Å². The molecule has 2 aromatic heterocycles. The fraction of sp³-hybridized carbons (Fsp3) is 0.0870. The zero-order valence-electron chi connectivity index (χ0n) is 16.9. The average Bonchev–Trinajstić information content (AvgIpc) is 3.41. The summed E-state index contributed by atoms with van der Waals surface area (Å²) in [6.07, 6.45) is 0. The summed E-state index contributed by atoms with van der Waals surface area (Å²) in [5, 5.41) is 13.3. The van der Waals surface area contributed by atoms with Crippen LogP contribution in [0.2, 0.25) is 0 Å². The number of thiazole rings is 1. The fourth-order valence-corrected chi connectivity index (χ4v) is 4.62. The minimum atomic E-state index is -0.356. The second-order valence-electron chi connectivity index (χ2n) is 6.87. The maximum Gasteiger partial charge on any atom is 0.323 e. The molecule has 0 spiro atoms. The van der Waals surface area contributed by atoms with E-state index in [1.54, 1.807) is 23.5 Å². The standard InChI is InChI=1S/C23H20N4O2S2/c1-14-8-9-18(26-23(29)25-17-6-4-3-5-7-17)12-19(14)27-21(28)20-15(2)24-22(31-20)16-10-11-30-13-16/h3-13H,1-2H3,(H,27,28)(H2,25,26,29). The number of carbonyl (C=O) groups is 2. The molecule has 3 N–H and O–H groups in total. The summed E-state index contributed by atoms with van der Waals surface area (Å²) in [7, 11) is 0. The number of thiophene rings is 1. The lowest BCUT2D eigenvalue weighted by molar-refractivity contribution is 0.102. The molecule has 6 nitrogen and oxygen atoms in total. The minimum absolute atomic E-state index is 0.217. The Labute approximate surface area is 188 Å². The Balaban J connectivity index is 1.47. The van der Waals surface area contributed by atoms with E-state index in [0.717, 1.165) is 16.1 Å². The van der Waals surface area contributed by atoms with E-state index in [4.69, 9.17) is 0 Å². The lowest BCUT2D eigenvalue weighted by atomic mass is 10.1. The van der Waals surface area contributed by atoms with Gasteiger partial charge in [-0.1, -0.05) is 24.3 Å². The Morgan fingerprint density at radius 2 is 1.68 bits per heavy atom. The van der Waals surface area contributed by atoms with Gasteiger partial charge in [-0.15, -0.1) is 11.3 Å². The molecule has 2 aromatic carbocycles. The van der Waals surface area contributed by atoms with Crippen LogP contribution in [0.15, 0.2) is 65.4 Å². The zero-order chi connectivity index (χ0) is 21.8. The fourth-order valence-electron chi connectivity index (χ4n) is 2.95. The molecule has 0 radical (unpaired) electrons. The molecule has 0 aliphatic heterocycles. The molecule has 4 rings (SSSR count). The van der Waals surface area contributed by atoms with Gasteiger partial charge in [-0.05, 0) is 55.1 Å². The number of benzene rings is 2. The summed E-state index contributed by atoms with van der Waals surface area (Å²) in [6.45, 7) is 3.74. The summed E-state index contributed by atoms with van der Waals surface area (Å²) in [6, 6.07) is 16.2. The van der Waals surface area contributed by atoms with Crippen molar-refractivity contribution < 1.29 is 9.59 Å². The van der Waals surface area contributed by atoms with Crippen LogP contribution >= 0.6 is 22.7 Å². The van der Waals surface area contributed by atoms with E-state index in [9.17, 15) is 9.59 Å². The van der Waals surface area contributed by atoms with Gasteiger partial charge in [0.05, 0.1) is 5.69 Å². The minimum Gasteiger partial charge on any atom is -0.321 e. The number of aromatic nitrogens is 1. The van der Waals surface area contributed by atoms with Crippen molar-refractivity contribution in [3.63, 3.8) is 0 Å². The summed E-state index contributed by atoms with van der Waals surface area (Å²) in [5.74, 6) is -0.217. The Morgan fingerprint density at radius 3 is 2.42 bits per heavy atom. The topological polar surface area (TPSA) is 83.1 Å². The van der Waals surface area contributed by atoms with Crippen LogP contribution in [0.5, 0.6) is 0 Å². The number of carbonyl (C=O) groups excluding carboxylic acids is 2. The highest BCUT2D eigenvalue weighted by Gasteiger charge is 2.17. The first-order valence-electron chi connectivity index (χ1n) is 9.54. The summed E-state index contributed by atoms with van der Waals surface area (Å²) < 4.78 is 0. The van der Waals surface area contributed by atoms with Crippen molar-refractivity contribution in [3.05, 3.63) is 81.5 Å². The molecule has 3 amide bonds. The van der Waals surface area contributed by atoms with Gasteiger partial charge in [0.1, 0.15) is 9.88 Å². The van der Waals surface area contributed by atoms with Gasteiger partial charge in [-0.2, -0.15) is 11.3 Å². The third-order valence-corrected chi connectivity index (χ3v) is 6.43. The van der Waals surface area contributed by atoms with Crippen molar-refractivity contribution in [3.8, 4) is 10.6 Å². The number of rotatable bonds is 5. The predicted octanol–water partition coefficient (Wildman–Crippen LogP) is 6.38. The highest BCUT2D eigenvalue weighted by molar-refractivity contribution is 7.17. The Morgan fingerprint density at radius 1 is 0.903 bits per heavy atom. The molecule has 8 heteroatoms. The molecule has 31 heavy (non-hydrogen) atoms. The monoisotopic (exact) mass is 448 g/mol. The third-order valence-electron chi connectivity index (χ3n) is 4.55. The van der Waals surface area contributed by atoms with Crippen molar-refractivity contribution in [2.45, 2.75) is 13.8 Å². The van der Waals surface area contributed by atoms with E-state index < -0.39 is 0 Å². The molecule has 0 aliphatic carbocycles. The number of nitrogens with zero attached hydrogens (tertiary/aromatic N) is 1. The first kappa shape index (κ1) is 20.8. The van der Waals surface area contributed by atoms with Crippen LogP contribution < -0.4 is 16.0 Å². The van der Waals surface area contributed by atoms with E-state index in [0.29, 0.717) is 27.6 Å². The van der Waals surface area contributed by atoms with Gasteiger partial charge in [0.15, 0.2) is 0 Å². The number of anilines is 3. The molecule has 0 bridgehead atoms. The van der Waals surface area contributed by atoms with Crippen LogP contribution in [-0.4, -0.2) is 16.9 Å². The number of amides is 3. The number of urea groups is 1. The van der Waals surface area contributed by atoms with Crippen molar-refractivity contribution in [2.75, 3.05) is 16.0 Å². The van der Waals surface area contributed by atoms with Crippen LogP contribution in [0, 0.1) is 13.8 Å². The molecule has 156 valence electrons. The van der Waals surface area contributed by atoms with Gasteiger partial charge >= 0.3 is 6.03 Å². The third kappa shape index (κ3) is 4.99. The van der Waals surface area contributed by atoms with Gasteiger partial charge < -0.3 is 16.0 Å². The summed E-state index contributed by atoms with van der Waals surface area (Å²) in [4.78, 5) is 30.3. The van der Waals surface area contributed by atoms with Crippen molar-refractivity contribution in [2.24, 2.45) is 0 Å². The number of hydrogen-bond acceptors (Lipinski definition) is 5. The maximum absolute atomic E-state index is 12.9. The molecule has 0 atom stereocenters. The second-order valence-corrected chi connectivity index (χ2v) is 8.65. The molecular weight excluding hydrogens is 428 g/mol. The van der Waals surface area contributed by atoms with Crippen LogP contribution in [0.4, 0.5) is 21.9 Å². The van der Waals surface area contributed by atoms with Crippen molar-refractivity contribution in [1.82, 2.24) is 4.98 Å². The molecule has 0 aliphatic rings. The van der Waals surface area contributed by atoms with Gasteiger partial charge in [0.2, 0.25) is 0 Å². The van der Waals surface area contributed by atoms with Gasteiger partial charge in [-0.25, -0.2) is 9.78 Å². The van der Waals surface area contributed by atoms with Crippen LogP contribution in [0.1, 0.15) is 20.9 Å². The highest BCUT2D eigenvalue weighted by Crippen LogP contribution is 2.30. The quantitative estimate of drug-likeness (QED) is 0.331. The smallest absolute Gasteiger partial charge is 0.321 e. The van der Waals surface area contributed by atoms with E-state index in [1.165, 1.54) is 11.3 Å². The molecule has 4 aromatic rings. The SMILES string of the molecule is Cc1ccc(NC(=O)Nc2ccccc2)cc1NC(=O)c1sc(-c2ccsc2)nc1C. The lowest BCUT2D eigenvalue weighted by Crippen LogP contribution is -2.19. The van der Waals surface area contributed by atoms with Crippen LogP contribution in [-0.2, 0) is 0 Å². The van der Waals surface area contributed by atoms with Crippen LogP contribution in [0.25, 0.3) is 10.6 Å². The van der Waals surface area contributed by atoms with E-state index >= 15 is 0 Å². The molecule has 2 heterocycles.